The third-order valence-corrected chi connectivity index (χ3v) is 13.2. The molecule has 0 aliphatic rings. The van der Waals surface area contributed by atoms with E-state index in [9.17, 15) is 0 Å². The highest BCUT2D eigenvalue weighted by atomic mass is 15.2. The number of nitrogens with zero attached hydrogens (tertiary/aromatic N) is 5. The molecule has 0 N–H and O–H groups in total. The number of aromatic nitrogens is 5. The Kier molecular flexibility index (Phi) is 13.1. The number of unbranched alkanes of at least 4 members (excludes halogenated alkanes) is 3. The molecule has 5 nitrogen and oxygen atoms in total. The molecule has 0 radical (unpaired) electrons. The smallest absolute Gasteiger partial charge is 0.238 e. The van der Waals surface area contributed by atoms with Crippen molar-refractivity contribution in [1.82, 2.24) is 24.1 Å². The Labute approximate surface area is 400 Å². The lowest BCUT2D eigenvalue weighted by molar-refractivity contribution is 0.796. The summed E-state index contributed by atoms with van der Waals surface area (Å²) in [6, 6.07) is 67.7. The lowest BCUT2D eigenvalue weighted by Crippen LogP contribution is -2.07. The number of hydrogen-bond acceptors (Lipinski definition) is 3. The van der Waals surface area contributed by atoms with Crippen LogP contribution in [0, 0.1) is 0 Å². The first-order valence-corrected chi connectivity index (χ1v) is 24.7. The monoisotopic (exact) mass is 885 g/mol. The van der Waals surface area contributed by atoms with Crippen molar-refractivity contribution in [3.63, 3.8) is 0 Å². The second kappa shape index (κ2) is 20.1. The standard InChI is InChI=1S/C59H49N5.C4H10/c1-3-5-18-40-30-34-53-51(36-40)49-32-33-50-52-37-41(19-6-4-2)31-35-54(52)64(56(50)55(49)63(53)48-28-14-9-15-29-48)59-61-57(43-22-12-8-13-23-43)60-58(62-59)47-27-17-26-46(39-47)45-25-16-24-44(38-45)42-20-10-7-11-21-42;1-3-4-2/h7-17,20-39H,3-6,18-19H2,1-2H3;3-4H2,1-2H3. The largest absolute Gasteiger partial charge is 0.307 e. The molecule has 0 aliphatic carbocycles. The second-order valence-electron chi connectivity index (χ2n) is 18.0. The highest BCUT2D eigenvalue weighted by Crippen LogP contribution is 2.42. The topological polar surface area (TPSA) is 48.5 Å². The van der Waals surface area contributed by atoms with Gasteiger partial charge in [-0.15, -0.1) is 0 Å². The van der Waals surface area contributed by atoms with E-state index in [1.165, 1.54) is 62.2 Å². The summed E-state index contributed by atoms with van der Waals surface area (Å²) >= 11 is 0. The molecular formula is C63H59N5. The molecule has 0 spiro atoms. The minimum Gasteiger partial charge on any atom is -0.307 e. The fourth-order valence-electron chi connectivity index (χ4n) is 9.48. The van der Waals surface area contributed by atoms with Crippen LogP contribution in [-0.4, -0.2) is 24.1 Å². The zero-order valence-corrected chi connectivity index (χ0v) is 39.8. The maximum atomic E-state index is 5.49. The second-order valence-corrected chi connectivity index (χ2v) is 18.0. The summed E-state index contributed by atoms with van der Waals surface area (Å²) in [7, 11) is 0. The van der Waals surface area contributed by atoms with E-state index in [1.54, 1.807) is 0 Å². The number of fused-ring (bicyclic) bond motifs is 7. The van der Waals surface area contributed by atoms with E-state index in [2.05, 4.69) is 207 Å². The number of hydrogen-bond donors (Lipinski definition) is 0. The summed E-state index contributed by atoms with van der Waals surface area (Å²) in [5.74, 6) is 1.83. The zero-order valence-electron chi connectivity index (χ0n) is 39.8. The molecule has 11 rings (SSSR count). The van der Waals surface area contributed by atoms with Gasteiger partial charge in [-0.05, 0) is 108 Å². The van der Waals surface area contributed by atoms with Crippen LogP contribution in [-0.2, 0) is 12.8 Å². The molecule has 0 bridgehead atoms. The van der Waals surface area contributed by atoms with E-state index in [4.69, 9.17) is 15.0 Å². The number of rotatable bonds is 13. The molecule has 0 aliphatic heterocycles. The lowest BCUT2D eigenvalue weighted by atomic mass is 9.98. The van der Waals surface area contributed by atoms with Gasteiger partial charge in [0.25, 0.3) is 0 Å². The van der Waals surface area contributed by atoms with Gasteiger partial charge < -0.3 is 4.57 Å². The van der Waals surface area contributed by atoms with Gasteiger partial charge in [0.1, 0.15) is 0 Å². The molecule has 0 saturated heterocycles. The van der Waals surface area contributed by atoms with Crippen molar-refractivity contribution in [2.24, 2.45) is 0 Å². The van der Waals surface area contributed by atoms with Crippen LogP contribution >= 0.6 is 0 Å². The first kappa shape index (κ1) is 44.2. The normalized spacial score (nSPS) is 11.4. The average Bonchev–Trinajstić information content (AvgIpc) is 3.92. The summed E-state index contributed by atoms with van der Waals surface area (Å²) in [6.45, 7) is 8.89. The molecule has 3 heterocycles. The van der Waals surface area contributed by atoms with Gasteiger partial charge in [-0.1, -0.05) is 193 Å². The van der Waals surface area contributed by atoms with Crippen LogP contribution in [0.5, 0.6) is 0 Å². The Balaban J connectivity index is 0.00000130. The first-order valence-electron chi connectivity index (χ1n) is 24.7. The van der Waals surface area contributed by atoms with E-state index in [1.807, 2.05) is 18.2 Å². The number of benzene rings is 8. The molecule has 8 aromatic carbocycles. The third kappa shape index (κ3) is 8.73. The van der Waals surface area contributed by atoms with Gasteiger partial charge >= 0.3 is 0 Å². The van der Waals surface area contributed by atoms with Crippen LogP contribution in [0.15, 0.2) is 188 Å². The summed E-state index contributed by atoms with van der Waals surface area (Å²) < 4.78 is 4.77. The van der Waals surface area contributed by atoms with Crippen molar-refractivity contribution in [1.29, 1.82) is 0 Å². The summed E-state index contributed by atoms with van der Waals surface area (Å²) in [5.41, 5.74) is 14.8. The van der Waals surface area contributed by atoms with Crippen molar-refractivity contribution in [2.45, 2.75) is 79.1 Å². The molecule has 0 fully saturated rings. The highest BCUT2D eigenvalue weighted by Gasteiger charge is 2.24. The van der Waals surface area contributed by atoms with Gasteiger partial charge in [0.15, 0.2) is 11.6 Å². The first-order chi connectivity index (χ1) is 33.6. The van der Waals surface area contributed by atoms with Gasteiger partial charge in [0, 0.05) is 38.4 Å². The molecule has 68 heavy (non-hydrogen) atoms. The SMILES string of the molecule is CCCC.CCCCc1ccc2c(c1)c1ccc3c4cc(CCCC)ccc4n(-c4nc(-c5ccccc5)nc(-c5cccc(-c6cccc(-c7ccccc7)c6)c5)n4)c3c1n2-c1ccccc1. The van der Waals surface area contributed by atoms with E-state index in [0.29, 0.717) is 17.6 Å². The summed E-state index contributed by atoms with van der Waals surface area (Å²) in [5, 5.41) is 4.84. The molecule has 0 atom stereocenters. The van der Waals surface area contributed by atoms with Crippen molar-refractivity contribution >= 4 is 43.6 Å². The third-order valence-electron chi connectivity index (χ3n) is 13.2. The minimum absolute atomic E-state index is 0.586. The Morgan fingerprint density at radius 2 is 0.779 bits per heavy atom. The fourth-order valence-corrected chi connectivity index (χ4v) is 9.48. The fraction of sp³-hybridized carbons (Fsp3) is 0.190. The molecule has 11 aromatic rings. The van der Waals surface area contributed by atoms with Crippen molar-refractivity contribution in [3.05, 3.63) is 199 Å². The van der Waals surface area contributed by atoms with Crippen LogP contribution in [0.3, 0.4) is 0 Å². The van der Waals surface area contributed by atoms with Crippen LogP contribution in [0.1, 0.15) is 77.3 Å². The Morgan fingerprint density at radius 3 is 1.32 bits per heavy atom. The number of aryl methyl sites for hydroxylation is 2. The predicted molar refractivity (Wildman–Crippen MR) is 288 cm³/mol. The molecule has 0 saturated carbocycles. The Bertz CT molecular complexity index is 3490. The van der Waals surface area contributed by atoms with Crippen molar-refractivity contribution < 1.29 is 0 Å². The van der Waals surface area contributed by atoms with Gasteiger partial charge in [-0.25, -0.2) is 4.98 Å². The van der Waals surface area contributed by atoms with E-state index in [0.717, 1.165) is 83.0 Å². The summed E-state index contributed by atoms with van der Waals surface area (Å²) in [6.07, 6.45) is 9.34. The predicted octanol–water partition coefficient (Wildman–Crippen LogP) is 17.2. The van der Waals surface area contributed by atoms with Gasteiger partial charge in [-0.2, -0.15) is 9.97 Å². The van der Waals surface area contributed by atoms with E-state index < -0.39 is 0 Å². The molecule has 336 valence electrons. The number of para-hydroxylation sites is 1. The Morgan fingerprint density at radius 1 is 0.338 bits per heavy atom. The molecular weight excluding hydrogens is 827 g/mol. The van der Waals surface area contributed by atoms with Crippen LogP contribution in [0.2, 0.25) is 0 Å². The highest BCUT2D eigenvalue weighted by molar-refractivity contribution is 6.23. The van der Waals surface area contributed by atoms with Gasteiger partial charge in [0.2, 0.25) is 5.95 Å². The molecule has 0 amide bonds. The van der Waals surface area contributed by atoms with Gasteiger partial charge in [-0.3, -0.25) is 4.57 Å². The van der Waals surface area contributed by atoms with Crippen molar-refractivity contribution in [3.8, 4) is 56.7 Å². The molecule has 5 heteroatoms. The minimum atomic E-state index is 0.586. The van der Waals surface area contributed by atoms with Crippen LogP contribution in [0.25, 0.3) is 100 Å². The van der Waals surface area contributed by atoms with E-state index in [-0.39, 0.29) is 0 Å². The zero-order chi connectivity index (χ0) is 46.4. The quantitative estimate of drug-likeness (QED) is 0.116. The Hall–Kier alpha value is -7.63. The molecule has 0 unspecified atom stereocenters. The van der Waals surface area contributed by atoms with Crippen LogP contribution < -0.4 is 0 Å². The average molecular weight is 886 g/mol. The van der Waals surface area contributed by atoms with Crippen LogP contribution in [0.4, 0.5) is 0 Å². The van der Waals surface area contributed by atoms with Gasteiger partial charge in [0.05, 0.1) is 22.1 Å². The van der Waals surface area contributed by atoms with E-state index >= 15 is 0 Å². The maximum absolute atomic E-state index is 5.49. The lowest BCUT2D eigenvalue weighted by Gasteiger charge is -2.14. The van der Waals surface area contributed by atoms with Crippen molar-refractivity contribution in [2.75, 3.05) is 0 Å². The summed E-state index contributed by atoms with van der Waals surface area (Å²) in [4.78, 5) is 16.1. The maximum Gasteiger partial charge on any atom is 0.238 e. The molecule has 3 aromatic heterocycles.